The Balaban J connectivity index is 3.11. The summed E-state index contributed by atoms with van der Waals surface area (Å²) in [6.45, 7) is 1.71. The Hall–Kier alpha value is -1.08. The summed E-state index contributed by atoms with van der Waals surface area (Å²) in [5.74, 6) is -0.356. The van der Waals surface area contributed by atoms with Crippen LogP contribution in [0.15, 0.2) is 29.2 Å². The Morgan fingerprint density at radius 2 is 1.94 bits per heavy atom. The zero-order chi connectivity index (χ0) is 14.0. The van der Waals surface area contributed by atoms with E-state index in [4.69, 9.17) is 5.73 Å². The van der Waals surface area contributed by atoms with E-state index in [2.05, 4.69) is 0 Å². The zero-order valence-electron chi connectivity index (χ0n) is 9.74. The molecular formula is C11H14F3NO2S. The molecule has 0 saturated carbocycles. The van der Waals surface area contributed by atoms with Crippen molar-refractivity contribution in [2.75, 3.05) is 5.75 Å². The van der Waals surface area contributed by atoms with Crippen LogP contribution in [0.25, 0.3) is 0 Å². The molecule has 3 nitrogen and oxygen atoms in total. The summed E-state index contributed by atoms with van der Waals surface area (Å²) in [4.78, 5) is -0.346. The maximum Gasteiger partial charge on any atom is 0.416 e. The third kappa shape index (κ3) is 3.71. The van der Waals surface area contributed by atoms with Crippen LogP contribution < -0.4 is 5.73 Å². The third-order valence-corrected chi connectivity index (χ3v) is 4.32. The third-order valence-electron chi connectivity index (χ3n) is 2.48. The van der Waals surface area contributed by atoms with Crippen molar-refractivity contribution >= 4 is 9.84 Å². The molecule has 0 aromatic heterocycles. The molecule has 1 rings (SSSR count). The highest BCUT2D eigenvalue weighted by Crippen LogP contribution is 2.30. The van der Waals surface area contributed by atoms with E-state index in [0.717, 1.165) is 18.2 Å². The fourth-order valence-corrected chi connectivity index (χ4v) is 2.95. The van der Waals surface area contributed by atoms with Gasteiger partial charge in [0.1, 0.15) is 0 Å². The maximum absolute atomic E-state index is 12.5. The molecule has 0 radical (unpaired) electrons. The van der Waals surface area contributed by atoms with Crippen molar-refractivity contribution in [3.63, 3.8) is 0 Å². The Morgan fingerprint density at radius 1 is 1.33 bits per heavy atom. The summed E-state index contributed by atoms with van der Waals surface area (Å²) < 4.78 is 61.1. The number of hydrogen-bond donors (Lipinski definition) is 1. The lowest BCUT2D eigenvalue weighted by Gasteiger charge is -2.12. The lowest BCUT2D eigenvalue weighted by atomic mass is 10.2. The van der Waals surface area contributed by atoms with Gasteiger partial charge in [-0.15, -0.1) is 0 Å². The fraction of sp³-hybridized carbons (Fsp3) is 0.455. The molecule has 0 amide bonds. The minimum absolute atomic E-state index is 0.346. The van der Waals surface area contributed by atoms with E-state index in [9.17, 15) is 21.6 Å². The van der Waals surface area contributed by atoms with Crippen molar-refractivity contribution in [3.8, 4) is 0 Å². The van der Waals surface area contributed by atoms with E-state index in [1.165, 1.54) is 0 Å². The second-order valence-electron chi connectivity index (χ2n) is 3.98. The number of benzene rings is 1. The molecular weight excluding hydrogens is 267 g/mol. The number of nitrogens with two attached hydrogens (primary N) is 1. The second kappa shape index (κ2) is 5.27. The van der Waals surface area contributed by atoms with Crippen LogP contribution in [-0.4, -0.2) is 20.2 Å². The minimum atomic E-state index is -4.56. The van der Waals surface area contributed by atoms with E-state index in [1.54, 1.807) is 6.92 Å². The highest BCUT2D eigenvalue weighted by molar-refractivity contribution is 7.91. The Morgan fingerprint density at radius 3 is 2.44 bits per heavy atom. The first-order valence-electron chi connectivity index (χ1n) is 5.32. The summed E-state index contributed by atoms with van der Waals surface area (Å²) in [5, 5.41) is 0. The topological polar surface area (TPSA) is 60.2 Å². The summed E-state index contributed by atoms with van der Waals surface area (Å²) in [6, 6.07) is 3.11. The van der Waals surface area contributed by atoms with Crippen LogP contribution in [-0.2, 0) is 16.0 Å². The van der Waals surface area contributed by atoms with Crippen LogP contribution in [0.5, 0.6) is 0 Å². The first kappa shape index (κ1) is 15.0. The molecule has 0 bridgehead atoms. The highest BCUT2D eigenvalue weighted by Gasteiger charge is 2.31. The van der Waals surface area contributed by atoms with E-state index >= 15 is 0 Å². The molecule has 2 N–H and O–H groups in total. The van der Waals surface area contributed by atoms with Crippen molar-refractivity contribution in [1.29, 1.82) is 0 Å². The van der Waals surface area contributed by atoms with Crippen molar-refractivity contribution < 1.29 is 21.6 Å². The average molecular weight is 281 g/mol. The molecule has 102 valence electrons. The molecule has 0 spiro atoms. The lowest BCUT2D eigenvalue weighted by Crippen LogP contribution is -2.28. The molecule has 1 aromatic rings. The summed E-state index contributed by atoms with van der Waals surface area (Å²) >= 11 is 0. The van der Waals surface area contributed by atoms with Gasteiger partial charge in [-0.1, -0.05) is 13.0 Å². The van der Waals surface area contributed by atoms with Crippen LogP contribution in [0.1, 0.15) is 18.9 Å². The van der Waals surface area contributed by atoms with Crippen molar-refractivity contribution in [2.24, 2.45) is 5.73 Å². The van der Waals surface area contributed by atoms with Crippen molar-refractivity contribution in [2.45, 2.75) is 30.5 Å². The van der Waals surface area contributed by atoms with Crippen LogP contribution in [0.3, 0.4) is 0 Å². The van der Waals surface area contributed by atoms with E-state index < -0.39 is 27.6 Å². The van der Waals surface area contributed by atoms with Gasteiger partial charge in [0.05, 0.1) is 16.2 Å². The molecule has 0 aliphatic heterocycles. The summed E-state index contributed by atoms with van der Waals surface area (Å²) in [6.07, 6.45) is -4.11. The monoisotopic (exact) mass is 281 g/mol. The van der Waals surface area contributed by atoms with Crippen LogP contribution in [0.2, 0.25) is 0 Å². The predicted molar refractivity (Wildman–Crippen MR) is 61.8 cm³/mol. The smallest absolute Gasteiger partial charge is 0.327 e. The largest absolute Gasteiger partial charge is 0.416 e. The Bertz CT molecular complexity index is 511. The van der Waals surface area contributed by atoms with E-state index in [-0.39, 0.29) is 10.6 Å². The van der Waals surface area contributed by atoms with Crippen molar-refractivity contribution in [1.82, 2.24) is 0 Å². The average Bonchev–Trinajstić information content (AvgIpc) is 2.27. The van der Waals surface area contributed by atoms with E-state index in [1.807, 2.05) is 0 Å². The summed E-state index contributed by atoms with van der Waals surface area (Å²) in [5.41, 5.74) is 4.54. The van der Waals surface area contributed by atoms with Gasteiger partial charge in [0.2, 0.25) is 0 Å². The van der Waals surface area contributed by atoms with Gasteiger partial charge in [-0.05, 0) is 24.6 Å². The SMILES string of the molecule is CCC(N)CS(=O)(=O)c1cccc(C(F)(F)F)c1. The molecule has 1 unspecified atom stereocenters. The molecule has 0 aliphatic rings. The Labute approximate surface area is 104 Å². The zero-order valence-corrected chi connectivity index (χ0v) is 10.6. The van der Waals surface area contributed by atoms with Crippen LogP contribution >= 0.6 is 0 Å². The van der Waals surface area contributed by atoms with Crippen LogP contribution in [0.4, 0.5) is 13.2 Å². The second-order valence-corrected chi connectivity index (χ2v) is 6.01. The molecule has 18 heavy (non-hydrogen) atoms. The molecule has 7 heteroatoms. The number of hydrogen-bond acceptors (Lipinski definition) is 3. The van der Waals surface area contributed by atoms with Gasteiger partial charge >= 0.3 is 6.18 Å². The predicted octanol–water partition coefficient (Wildman–Crippen LogP) is 2.22. The van der Waals surface area contributed by atoms with Gasteiger partial charge < -0.3 is 5.73 Å². The fourth-order valence-electron chi connectivity index (χ4n) is 1.36. The molecule has 1 aromatic carbocycles. The lowest BCUT2D eigenvalue weighted by molar-refractivity contribution is -0.137. The first-order valence-corrected chi connectivity index (χ1v) is 6.97. The molecule has 0 fully saturated rings. The minimum Gasteiger partial charge on any atom is -0.327 e. The van der Waals surface area contributed by atoms with Gasteiger partial charge in [-0.25, -0.2) is 8.42 Å². The number of sulfone groups is 1. The normalized spacial score (nSPS) is 14.5. The highest BCUT2D eigenvalue weighted by atomic mass is 32.2. The Kier molecular flexibility index (Phi) is 4.39. The van der Waals surface area contributed by atoms with Gasteiger partial charge in [-0.3, -0.25) is 0 Å². The van der Waals surface area contributed by atoms with Gasteiger partial charge in [0.25, 0.3) is 0 Å². The number of alkyl halides is 3. The van der Waals surface area contributed by atoms with E-state index in [0.29, 0.717) is 12.5 Å². The van der Waals surface area contributed by atoms with Gasteiger partial charge in [-0.2, -0.15) is 13.2 Å². The van der Waals surface area contributed by atoms with Crippen LogP contribution in [0, 0.1) is 0 Å². The molecule has 0 aliphatic carbocycles. The number of rotatable bonds is 4. The maximum atomic E-state index is 12.5. The molecule has 1 atom stereocenters. The van der Waals surface area contributed by atoms with Gasteiger partial charge in [0.15, 0.2) is 9.84 Å². The molecule has 0 saturated heterocycles. The van der Waals surface area contributed by atoms with Crippen molar-refractivity contribution in [3.05, 3.63) is 29.8 Å². The summed E-state index contributed by atoms with van der Waals surface area (Å²) in [7, 11) is -3.78. The number of halogens is 3. The molecule has 0 heterocycles. The standard InChI is InChI=1S/C11H14F3NO2S/c1-2-9(15)7-18(16,17)10-5-3-4-8(6-10)11(12,13)14/h3-6,9H,2,7,15H2,1H3. The first-order chi connectivity index (χ1) is 8.16. The quantitative estimate of drug-likeness (QED) is 0.920. The van der Waals surface area contributed by atoms with Gasteiger partial charge in [0, 0.05) is 6.04 Å².